The van der Waals surface area contributed by atoms with Gasteiger partial charge in [0.05, 0.1) is 12.6 Å². The number of aliphatic hydroxyl groups is 1. The topological polar surface area (TPSA) is 119 Å². The smallest absolute Gasteiger partial charge is 0.407 e. The number of carbonyl (C=O) groups is 3. The number of benzene rings is 2. The fourth-order valence-electron chi connectivity index (χ4n) is 2.89. The van der Waals surface area contributed by atoms with Crippen molar-refractivity contribution in [2.45, 2.75) is 17.9 Å². The van der Waals surface area contributed by atoms with E-state index in [2.05, 4.69) is 10.6 Å². The van der Waals surface area contributed by atoms with Crippen molar-refractivity contribution < 1.29 is 24.6 Å². The Hall–Kier alpha value is -3.04. The first-order chi connectivity index (χ1) is 13.9. The fraction of sp³-hybridized carbons (Fsp3) is 0.250. The first-order valence-electron chi connectivity index (χ1n) is 9.00. The number of anilines is 1. The van der Waals surface area contributed by atoms with Crippen LogP contribution in [-0.2, 0) is 11.2 Å². The van der Waals surface area contributed by atoms with Crippen LogP contribution in [0.15, 0.2) is 54.6 Å². The van der Waals surface area contributed by atoms with Crippen molar-refractivity contribution in [2.24, 2.45) is 0 Å². The molecule has 0 bridgehead atoms. The quantitative estimate of drug-likeness (QED) is 0.523. The highest BCUT2D eigenvalue weighted by atomic mass is 32.2. The van der Waals surface area contributed by atoms with Gasteiger partial charge in [-0.2, -0.15) is 0 Å². The molecule has 1 unspecified atom stereocenters. The zero-order valence-corrected chi connectivity index (χ0v) is 16.3. The highest BCUT2D eigenvalue weighted by molar-refractivity contribution is 8.15. The number of nitrogens with one attached hydrogen (secondary N) is 2. The number of aliphatic hydroxyl groups excluding tert-OH is 1. The second-order valence-electron chi connectivity index (χ2n) is 6.52. The maximum absolute atomic E-state index is 11.6. The molecular weight excluding hydrogens is 394 g/mol. The molecule has 0 radical (unpaired) electrons. The molecule has 0 aromatic heterocycles. The molecule has 8 nitrogen and oxygen atoms in total. The van der Waals surface area contributed by atoms with E-state index in [1.165, 1.54) is 4.90 Å². The van der Waals surface area contributed by atoms with Gasteiger partial charge in [-0.25, -0.2) is 4.79 Å². The predicted octanol–water partition coefficient (Wildman–Crippen LogP) is 2.66. The number of carboxylic acid groups (broad SMARTS) is 1. The van der Waals surface area contributed by atoms with Crippen molar-refractivity contribution in [3.8, 4) is 0 Å². The molecule has 4 N–H and O–H groups in total. The molecule has 152 valence electrons. The van der Waals surface area contributed by atoms with Crippen LogP contribution in [0.5, 0.6) is 0 Å². The van der Waals surface area contributed by atoms with Crippen LogP contribution in [0.4, 0.5) is 15.3 Å². The summed E-state index contributed by atoms with van der Waals surface area (Å²) in [6, 6.07) is 16.1. The molecule has 0 aliphatic carbocycles. The van der Waals surface area contributed by atoms with Crippen LogP contribution in [0.3, 0.4) is 0 Å². The predicted molar refractivity (Wildman–Crippen MR) is 110 cm³/mol. The molecule has 0 saturated carbocycles. The van der Waals surface area contributed by atoms with Crippen LogP contribution in [0.25, 0.3) is 0 Å². The first kappa shape index (κ1) is 20.7. The van der Waals surface area contributed by atoms with Gasteiger partial charge in [0.15, 0.2) is 5.37 Å². The van der Waals surface area contributed by atoms with Gasteiger partial charge < -0.3 is 20.4 Å². The summed E-state index contributed by atoms with van der Waals surface area (Å²) in [6.07, 6.45) is -1.51. The van der Waals surface area contributed by atoms with Gasteiger partial charge >= 0.3 is 6.09 Å². The summed E-state index contributed by atoms with van der Waals surface area (Å²) in [7, 11) is 0. The van der Waals surface area contributed by atoms with Gasteiger partial charge in [0.2, 0.25) is 0 Å². The zero-order valence-electron chi connectivity index (χ0n) is 15.4. The van der Waals surface area contributed by atoms with E-state index in [1.54, 1.807) is 36.4 Å². The van der Waals surface area contributed by atoms with Gasteiger partial charge in [0, 0.05) is 12.2 Å². The standard InChI is InChI=1S/C20H21N3O5S/c24-16(14-4-2-1-3-5-14)12-23(20(27)28)11-10-13-6-8-15(9-7-13)21-18-17(25)22-19(26)29-18/h1-9,16,18,21,24H,10-12H2,(H,27,28)(H,22,25,26)/t16-,18?/m0/s1. The van der Waals surface area contributed by atoms with Crippen molar-refractivity contribution >= 4 is 34.7 Å². The number of nitrogens with zero attached hydrogens (tertiary/aromatic N) is 1. The minimum atomic E-state index is -1.09. The normalized spacial score (nSPS) is 16.9. The van der Waals surface area contributed by atoms with Crippen LogP contribution >= 0.6 is 11.8 Å². The lowest BCUT2D eigenvalue weighted by atomic mass is 10.1. The molecule has 1 aliphatic rings. The minimum Gasteiger partial charge on any atom is -0.465 e. The Balaban J connectivity index is 1.54. The van der Waals surface area contributed by atoms with Gasteiger partial charge in [-0.3, -0.25) is 14.9 Å². The van der Waals surface area contributed by atoms with Crippen molar-refractivity contribution in [3.05, 3.63) is 65.7 Å². The Morgan fingerprint density at radius 2 is 1.83 bits per heavy atom. The molecular formula is C20H21N3O5S. The molecule has 9 heteroatoms. The summed E-state index contributed by atoms with van der Waals surface area (Å²) in [5.74, 6) is -0.377. The van der Waals surface area contributed by atoms with Crippen molar-refractivity contribution in [1.29, 1.82) is 0 Å². The third kappa shape index (κ3) is 5.72. The molecule has 2 aromatic rings. The maximum Gasteiger partial charge on any atom is 0.407 e. The first-order valence-corrected chi connectivity index (χ1v) is 9.88. The van der Waals surface area contributed by atoms with Crippen LogP contribution in [0.2, 0.25) is 0 Å². The van der Waals surface area contributed by atoms with E-state index in [0.29, 0.717) is 17.7 Å². The molecule has 1 heterocycles. The van der Waals surface area contributed by atoms with E-state index in [4.69, 9.17) is 0 Å². The maximum atomic E-state index is 11.6. The molecule has 3 rings (SSSR count). The highest BCUT2D eigenvalue weighted by Gasteiger charge is 2.31. The summed E-state index contributed by atoms with van der Waals surface area (Å²) in [6.45, 7) is 0.225. The molecule has 1 fully saturated rings. The second kappa shape index (κ2) is 9.44. The van der Waals surface area contributed by atoms with Gasteiger partial charge in [0.1, 0.15) is 0 Å². The molecule has 1 saturated heterocycles. The largest absolute Gasteiger partial charge is 0.465 e. The molecule has 3 amide bonds. The van der Waals surface area contributed by atoms with Gasteiger partial charge in [0.25, 0.3) is 11.1 Å². The van der Waals surface area contributed by atoms with Crippen LogP contribution in [0.1, 0.15) is 17.2 Å². The average molecular weight is 415 g/mol. The lowest BCUT2D eigenvalue weighted by Gasteiger charge is -2.22. The van der Waals surface area contributed by atoms with E-state index in [1.807, 2.05) is 18.2 Å². The van der Waals surface area contributed by atoms with Crippen LogP contribution in [-0.4, -0.2) is 50.8 Å². The third-order valence-electron chi connectivity index (χ3n) is 4.46. The molecule has 2 atom stereocenters. The van der Waals surface area contributed by atoms with E-state index in [9.17, 15) is 24.6 Å². The highest BCUT2D eigenvalue weighted by Crippen LogP contribution is 2.22. The zero-order chi connectivity index (χ0) is 20.8. The van der Waals surface area contributed by atoms with Crippen LogP contribution in [0, 0.1) is 0 Å². The SMILES string of the molecule is O=C1NC(=O)C(Nc2ccc(CCN(C[C@H](O)c3ccccc3)C(=O)O)cc2)S1. The van der Waals surface area contributed by atoms with E-state index in [0.717, 1.165) is 17.3 Å². The van der Waals surface area contributed by atoms with Gasteiger partial charge in [-0.05, 0) is 41.4 Å². The number of imide groups is 1. The lowest BCUT2D eigenvalue weighted by Crippen LogP contribution is -2.35. The Labute approximate surface area is 171 Å². The second-order valence-corrected chi connectivity index (χ2v) is 7.60. The number of carbonyl (C=O) groups excluding carboxylic acids is 2. The Kier molecular flexibility index (Phi) is 6.73. The summed E-state index contributed by atoms with van der Waals surface area (Å²) < 4.78 is 0. The van der Waals surface area contributed by atoms with E-state index >= 15 is 0 Å². The lowest BCUT2D eigenvalue weighted by molar-refractivity contribution is -0.118. The average Bonchev–Trinajstić information content (AvgIpc) is 3.03. The Morgan fingerprint density at radius 3 is 2.41 bits per heavy atom. The van der Waals surface area contributed by atoms with E-state index < -0.39 is 17.6 Å². The molecule has 0 spiro atoms. The summed E-state index contributed by atoms with van der Waals surface area (Å²) >= 11 is 0.888. The number of amides is 3. The summed E-state index contributed by atoms with van der Waals surface area (Å²) in [4.78, 5) is 35.5. The third-order valence-corrected chi connectivity index (χ3v) is 5.34. The summed E-state index contributed by atoms with van der Waals surface area (Å²) in [5.41, 5.74) is 2.27. The minimum absolute atomic E-state index is 0.0129. The monoisotopic (exact) mass is 415 g/mol. The molecule has 29 heavy (non-hydrogen) atoms. The van der Waals surface area contributed by atoms with Crippen molar-refractivity contribution in [2.75, 3.05) is 18.4 Å². The van der Waals surface area contributed by atoms with Crippen molar-refractivity contribution in [1.82, 2.24) is 10.2 Å². The fourth-order valence-corrected chi connectivity index (χ4v) is 3.62. The number of thioether (sulfide) groups is 1. The Morgan fingerprint density at radius 1 is 1.14 bits per heavy atom. The van der Waals surface area contributed by atoms with Gasteiger partial charge in [-0.1, -0.05) is 42.5 Å². The number of rotatable bonds is 8. The number of hydrogen-bond acceptors (Lipinski definition) is 6. The summed E-state index contributed by atoms with van der Waals surface area (Å²) in [5, 5.41) is 23.9. The van der Waals surface area contributed by atoms with E-state index in [-0.39, 0.29) is 24.2 Å². The van der Waals surface area contributed by atoms with Crippen molar-refractivity contribution in [3.63, 3.8) is 0 Å². The van der Waals surface area contributed by atoms with Crippen LogP contribution < -0.4 is 10.6 Å². The molecule has 1 aliphatic heterocycles. The Bertz CT molecular complexity index is 875. The number of hydrogen-bond donors (Lipinski definition) is 4. The van der Waals surface area contributed by atoms with Gasteiger partial charge in [-0.15, -0.1) is 0 Å². The molecule has 2 aromatic carbocycles.